The van der Waals surface area contributed by atoms with E-state index in [1.807, 2.05) is 5.01 Å². The minimum Gasteiger partial charge on any atom is -0.335 e. The third-order valence-electron chi connectivity index (χ3n) is 3.28. The van der Waals surface area contributed by atoms with Crippen LogP contribution in [0.2, 0.25) is 0 Å². The summed E-state index contributed by atoms with van der Waals surface area (Å²) in [5.74, 6) is -0.319. The number of carbonyl (C=O) groups is 1. The number of nitrogens with zero attached hydrogens (tertiary/aromatic N) is 2. The van der Waals surface area contributed by atoms with Gasteiger partial charge in [-0.2, -0.15) is 0 Å². The van der Waals surface area contributed by atoms with E-state index < -0.39 is 4.92 Å². The maximum absolute atomic E-state index is 12.1. The highest BCUT2D eigenvalue weighted by atomic mass is 79.9. The molecule has 1 aromatic carbocycles. The van der Waals surface area contributed by atoms with E-state index >= 15 is 0 Å². The van der Waals surface area contributed by atoms with Crippen molar-refractivity contribution >= 4 is 27.5 Å². The number of hydrogen-bond acceptors (Lipinski definition) is 4. The topological polar surface area (TPSA) is 79.9 Å². The minimum absolute atomic E-state index is 0.111. The van der Waals surface area contributed by atoms with Crippen LogP contribution in [0.3, 0.4) is 0 Å². The van der Waals surface area contributed by atoms with Crippen molar-refractivity contribution < 1.29 is 14.6 Å². The lowest BCUT2D eigenvalue weighted by Crippen LogP contribution is -3.12. The van der Waals surface area contributed by atoms with Gasteiger partial charge in [-0.1, -0.05) is 0 Å². The van der Waals surface area contributed by atoms with Crippen LogP contribution < -0.4 is 10.3 Å². The Morgan fingerprint density at radius 3 is 2.70 bits per heavy atom. The molecule has 0 atom stereocenters. The number of nitrogens with one attached hydrogen (secondary N) is 2. The fourth-order valence-corrected chi connectivity index (χ4v) is 2.39. The van der Waals surface area contributed by atoms with Gasteiger partial charge in [0.25, 0.3) is 11.6 Å². The maximum Gasteiger partial charge on any atom is 0.284 e. The Hall–Kier alpha value is -1.51. The van der Waals surface area contributed by atoms with E-state index in [9.17, 15) is 14.9 Å². The standard InChI is InChI=1S/C12H15BrN4O3/c1-15-4-6-16(7-5-15)14-12(18)9-2-3-10(13)11(8-9)17(19)20/h2-3,8H,4-7H2,1H3,(H,14,18)/p+1. The van der Waals surface area contributed by atoms with Crippen molar-refractivity contribution in [3.8, 4) is 0 Å². The lowest BCUT2D eigenvalue weighted by Gasteiger charge is -2.30. The van der Waals surface area contributed by atoms with Crippen LogP contribution in [0.4, 0.5) is 5.69 Å². The van der Waals surface area contributed by atoms with Gasteiger partial charge in [0.1, 0.15) is 0 Å². The summed E-state index contributed by atoms with van der Waals surface area (Å²) in [5, 5.41) is 12.7. The molecule has 2 N–H and O–H groups in total. The maximum atomic E-state index is 12.1. The van der Waals surface area contributed by atoms with E-state index in [2.05, 4.69) is 28.4 Å². The van der Waals surface area contributed by atoms with Gasteiger partial charge in [-0.15, -0.1) is 0 Å². The molecule has 0 bridgehead atoms. The van der Waals surface area contributed by atoms with Crippen LogP contribution in [0.15, 0.2) is 22.7 Å². The molecule has 108 valence electrons. The molecule has 0 unspecified atom stereocenters. The van der Waals surface area contributed by atoms with Crippen molar-refractivity contribution in [1.82, 2.24) is 10.4 Å². The Balaban J connectivity index is 2.06. The molecule has 1 saturated heterocycles. The number of hydrazine groups is 1. The summed E-state index contributed by atoms with van der Waals surface area (Å²) in [6.45, 7) is 3.47. The number of hydrogen-bond donors (Lipinski definition) is 2. The molecule has 0 radical (unpaired) electrons. The Kier molecular flexibility index (Phi) is 4.69. The molecule has 7 nitrogen and oxygen atoms in total. The molecule has 0 spiro atoms. The summed E-state index contributed by atoms with van der Waals surface area (Å²) in [7, 11) is 2.11. The highest BCUT2D eigenvalue weighted by Gasteiger charge is 2.20. The average molecular weight is 344 g/mol. The van der Waals surface area contributed by atoms with E-state index in [-0.39, 0.29) is 17.2 Å². The molecule has 1 aromatic rings. The van der Waals surface area contributed by atoms with Crippen LogP contribution in [-0.2, 0) is 0 Å². The molecule has 8 heteroatoms. The summed E-state index contributed by atoms with van der Waals surface area (Å²) < 4.78 is 0.363. The number of piperazine rings is 1. The van der Waals surface area contributed by atoms with Gasteiger partial charge in [0, 0.05) is 11.6 Å². The summed E-state index contributed by atoms with van der Waals surface area (Å²) in [4.78, 5) is 23.8. The smallest absolute Gasteiger partial charge is 0.284 e. The highest BCUT2D eigenvalue weighted by Crippen LogP contribution is 2.25. The number of carbonyl (C=O) groups excluding carboxylic acids is 1. The number of likely N-dealkylation sites (N-methyl/N-ethyl adjacent to an activating group) is 1. The lowest BCUT2D eigenvalue weighted by atomic mass is 10.2. The first kappa shape index (κ1) is 14.9. The van der Waals surface area contributed by atoms with E-state index in [0.29, 0.717) is 4.47 Å². The second kappa shape index (κ2) is 6.29. The van der Waals surface area contributed by atoms with Crippen LogP contribution in [-0.4, -0.2) is 49.1 Å². The van der Waals surface area contributed by atoms with Gasteiger partial charge in [0.2, 0.25) is 0 Å². The van der Waals surface area contributed by atoms with Gasteiger partial charge >= 0.3 is 0 Å². The fourth-order valence-electron chi connectivity index (χ4n) is 2.00. The molecule has 1 amide bonds. The molecule has 0 aromatic heterocycles. The SMILES string of the molecule is C[NH+]1CCN(NC(=O)c2ccc(Br)c([N+](=O)[O-])c2)CC1. The van der Waals surface area contributed by atoms with Crippen LogP contribution in [0.5, 0.6) is 0 Å². The van der Waals surface area contributed by atoms with Gasteiger partial charge in [-0.3, -0.25) is 20.3 Å². The largest absolute Gasteiger partial charge is 0.335 e. The molecule has 1 aliphatic heterocycles. The Morgan fingerprint density at radius 2 is 2.10 bits per heavy atom. The minimum atomic E-state index is -0.514. The molecular formula is C12H16BrN4O3+. The van der Waals surface area contributed by atoms with E-state index in [1.165, 1.54) is 17.0 Å². The van der Waals surface area contributed by atoms with Crippen molar-refractivity contribution in [1.29, 1.82) is 0 Å². The Bertz CT molecular complexity index is 529. The summed E-state index contributed by atoms with van der Waals surface area (Å²) in [6, 6.07) is 4.36. The monoisotopic (exact) mass is 343 g/mol. The zero-order chi connectivity index (χ0) is 14.7. The summed E-state index contributed by atoms with van der Waals surface area (Å²) in [6.07, 6.45) is 0. The Morgan fingerprint density at radius 1 is 1.45 bits per heavy atom. The number of quaternary nitrogens is 1. The number of benzene rings is 1. The summed E-state index contributed by atoms with van der Waals surface area (Å²) in [5.41, 5.74) is 2.96. The number of amides is 1. The van der Waals surface area contributed by atoms with Crippen molar-refractivity contribution in [2.45, 2.75) is 0 Å². The van der Waals surface area contributed by atoms with Crippen LogP contribution >= 0.6 is 15.9 Å². The van der Waals surface area contributed by atoms with Gasteiger partial charge in [0.05, 0.1) is 42.6 Å². The van der Waals surface area contributed by atoms with Crippen LogP contribution in [0.1, 0.15) is 10.4 Å². The second-order valence-corrected chi connectivity index (χ2v) is 5.66. The normalized spacial score (nSPS) is 16.9. The zero-order valence-corrected chi connectivity index (χ0v) is 12.6. The lowest BCUT2D eigenvalue weighted by molar-refractivity contribution is -0.884. The molecule has 0 saturated carbocycles. The number of halogens is 1. The van der Waals surface area contributed by atoms with Crippen molar-refractivity contribution in [3.05, 3.63) is 38.3 Å². The third-order valence-corrected chi connectivity index (χ3v) is 3.95. The quantitative estimate of drug-likeness (QED) is 0.590. The van der Waals surface area contributed by atoms with E-state index in [1.54, 1.807) is 6.07 Å². The highest BCUT2D eigenvalue weighted by molar-refractivity contribution is 9.10. The van der Waals surface area contributed by atoms with Gasteiger partial charge in [0.15, 0.2) is 0 Å². The van der Waals surface area contributed by atoms with E-state index in [4.69, 9.17) is 0 Å². The van der Waals surface area contributed by atoms with Crippen LogP contribution in [0, 0.1) is 10.1 Å². The van der Waals surface area contributed by atoms with Gasteiger partial charge < -0.3 is 4.90 Å². The molecule has 1 fully saturated rings. The Labute approximate surface area is 124 Å². The molecule has 1 heterocycles. The molecular weight excluding hydrogens is 328 g/mol. The van der Waals surface area contributed by atoms with Crippen LogP contribution in [0.25, 0.3) is 0 Å². The second-order valence-electron chi connectivity index (χ2n) is 4.81. The number of nitro groups is 1. The first-order chi connectivity index (χ1) is 9.47. The van der Waals surface area contributed by atoms with Gasteiger partial charge in [-0.05, 0) is 28.1 Å². The number of rotatable bonds is 3. The predicted octanol–water partition coefficient (Wildman–Crippen LogP) is -0.168. The predicted molar refractivity (Wildman–Crippen MR) is 76.5 cm³/mol. The van der Waals surface area contributed by atoms with Crippen molar-refractivity contribution in [2.75, 3.05) is 33.2 Å². The first-order valence-corrected chi connectivity index (χ1v) is 7.08. The summed E-state index contributed by atoms with van der Waals surface area (Å²) >= 11 is 3.10. The molecule has 2 rings (SSSR count). The number of nitro benzene ring substituents is 1. The molecule has 1 aliphatic rings. The van der Waals surface area contributed by atoms with Gasteiger partial charge in [-0.25, -0.2) is 5.01 Å². The van der Waals surface area contributed by atoms with Crippen molar-refractivity contribution in [3.63, 3.8) is 0 Å². The zero-order valence-electron chi connectivity index (χ0n) is 11.1. The third kappa shape index (κ3) is 3.53. The molecule has 20 heavy (non-hydrogen) atoms. The fraction of sp³-hybridized carbons (Fsp3) is 0.417. The molecule has 0 aliphatic carbocycles. The van der Waals surface area contributed by atoms with E-state index in [0.717, 1.165) is 26.2 Å². The first-order valence-electron chi connectivity index (χ1n) is 6.28. The van der Waals surface area contributed by atoms with Crippen molar-refractivity contribution in [2.24, 2.45) is 0 Å². The average Bonchev–Trinajstić information content (AvgIpc) is 2.41.